The Hall–Kier alpha value is -1.88. The molecule has 0 spiro atoms. The van der Waals surface area contributed by atoms with Gasteiger partial charge in [-0.3, -0.25) is 9.11 Å². The number of nitrogens with zero attached hydrogens (tertiary/aromatic N) is 1. The Morgan fingerprint density at radius 3 is 1.77 bits per heavy atom. The van der Waals surface area contributed by atoms with E-state index in [0.717, 1.165) is 31.0 Å². The molecule has 0 saturated heterocycles. The third-order valence-electron chi connectivity index (χ3n) is 3.93. The molecule has 8 nitrogen and oxygen atoms in total. The maximum atomic E-state index is 11.7. The fourth-order valence-corrected chi connectivity index (χ4v) is 4.00. The minimum absolute atomic E-state index is 0.0872. The fraction of sp³-hybridized carbons (Fsp3) is 0.375. The molecule has 144 valence electrons. The Morgan fingerprint density at radius 2 is 1.35 bits per heavy atom. The summed E-state index contributed by atoms with van der Waals surface area (Å²) in [5.41, 5.74) is 6.60. The molecule has 2 rings (SSSR count). The van der Waals surface area contributed by atoms with Gasteiger partial charge in [-0.1, -0.05) is 13.8 Å². The van der Waals surface area contributed by atoms with Crippen LogP contribution in [-0.4, -0.2) is 39.0 Å². The van der Waals surface area contributed by atoms with Crippen molar-refractivity contribution < 1.29 is 25.9 Å². The summed E-state index contributed by atoms with van der Waals surface area (Å²) in [4.78, 5) is 1.11. The van der Waals surface area contributed by atoms with E-state index in [0.29, 0.717) is 24.2 Å². The largest absolute Gasteiger partial charge is 0.398 e. The predicted molar refractivity (Wildman–Crippen MR) is 101 cm³/mol. The van der Waals surface area contributed by atoms with Gasteiger partial charge < -0.3 is 10.6 Å². The molecule has 0 fully saturated rings. The molecule has 10 heteroatoms. The van der Waals surface area contributed by atoms with E-state index in [2.05, 4.69) is 0 Å². The third kappa shape index (κ3) is 4.26. The van der Waals surface area contributed by atoms with E-state index in [1.807, 2.05) is 18.7 Å². The number of nitrogens with two attached hydrogens (primary N) is 1. The van der Waals surface area contributed by atoms with E-state index in [4.69, 9.17) is 5.73 Å². The highest BCUT2D eigenvalue weighted by atomic mass is 32.2. The van der Waals surface area contributed by atoms with Gasteiger partial charge in [-0.05, 0) is 42.5 Å². The smallest absolute Gasteiger partial charge is 0.294 e. The van der Waals surface area contributed by atoms with Crippen molar-refractivity contribution in [3.63, 3.8) is 0 Å². The van der Waals surface area contributed by atoms with Crippen LogP contribution in [-0.2, 0) is 20.2 Å². The monoisotopic (exact) mass is 402 g/mol. The molecule has 26 heavy (non-hydrogen) atoms. The predicted octanol–water partition coefficient (Wildman–Crippen LogP) is 2.54. The summed E-state index contributed by atoms with van der Waals surface area (Å²) in [5.74, 6) is 0. The second-order valence-corrected chi connectivity index (χ2v) is 8.83. The SMILES string of the molecule is CCCN(CCC)c1cc(S(=O)(=O)O)cc2cc(S(=O)(=O)O)cc(N)c12. The summed E-state index contributed by atoms with van der Waals surface area (Å²) >= 11 is 0. The van der Waals surface area contributed by atoms with Gasteiger partial charge in [0.2, 0.25) is 0 Å². The van der Waals surface area contributed by atoms with Crippen LogP contribution in [0.15, 0.2) is 34.1 Å². The van der Waals surface area contributed by atoms with E-state index >= 15 is 0 Å². The van der Waals surface area contributed by atoms with Crippen LogP contribution in [0.1, 0.15) is 26.7 Å². The number of rotatable bonds is 7. The topological polar surface area (TPSA) is 138 Å². The zero-order chi connectivity index (χ0) is 19.7. The standard InChI is InChI=1S/C16H22N2O6S2/c1-3-5-18(6-4-2)15-10-13(26(22,23)24)8-11-7-12(25(19,20)21)9-14(17)16(11)15/h7-10H,3-6,17H2,1-2H3,(H,19,20,21)(H,22,23,24). The van der Waals surface area contributed by atoms with Gasteiger partial charge >= 0.3 is 0 Å². The summed E-state index contributed by atoms with van der Waals surface area (Å²) in [5, 5.41) is 0.659. The maximum absolute atomic E-state index is 11.7. The lowest BCUT2D eigenvalue weighted by atomic mass is 10.1. The molecule has 0 aliphatic carbocycles. The van der Waals surface area contributed by atoms with Crippen molar-refractivity contribution in [1.82, 2.24) is 0 Å². The zero-order valence-corrected chi connectivity index (χ0v) is 16.1. The number of benzene rings is 2. The van der Waals surface area contributed by atoms with Crippen molar-refractivity contribution in [2.45, 2.75) is 36.5 Å². The lowest BCUT2D eigenvalue weighted by Gasteiger charge is -2.26. The van der Waals surface area contributed by atoms with Crippen molar-refractivity contribution in [2.24, 2.45) is 0 Å². The van der Waals surface area contributed by atoms with E-state index < -0.39 is 25.1 Å². The Balaban J connectivity index is 2.92. The third-order valence-corrected chi connectivity index (χ3v) is 5.59. The van der Waals surface area contributed by atoms with Gasteiger partial charge in [-0.2, -0.15) is 16.8 Å². The first-order valence-electron chi connectivity index (χ1n) is 8.06. The van der Waals surface area contributed by atoms with Crippen LogP contribution in [0.3, 0.4) is 0 Å². The second-order valence-electron chi connectivity index (χ2n) is 5.99. The highest BCUT2D eigenvalue weighted by molar-refractivity contribution is 7.86. The molecule has 0 aliphatic heterocycles. The Morgan fingerprint density at radius 1 is 0.885 bits per heavy atom. The van der Waals surface area contributed by atoms with E-state index in [1.54, 1.807) is 0 Å². The van der Waals surface area contributed by atoms with E-state index in [9.17, 15) is 25.9 Å². The molecule has 0 amide bonds. The number of hydrogen-bond donors (Lipinski definition) is 3. The molecular formula is C16H22N2O6S2. The van der Waals surface area contributed by atoms with Gasteiger partial charge in [0.15, 0.2) is 0 Å². The molecule has 0 saturated carbocycles. The molecule has 2 aromatic carbocycles. The van der Waals surface area contributed by atoms with Gasteiger partial charge in [-0.25, -0.2) is 0 Å². The van der Waals surface area contributed by atoms with Crippen LogP contribution in [0.4, 0.5) is 11.4 Å². The molecular weight excluding hydrogens is 380 g/mol. The van der Waals surface area contributed by atoms with E-state index in [1.165, 1.54) is 6.07 Å². The molecule has 0 heterocycles. The normalized spacial score (nSPS) is 12.5. The Kier molecular flexibility index (Phi) is 5.81. The first-order valence-corrected chi connectivity index (χ1v) is 10.9. The van der Waals surface area contributed by atoms with Gasteiger partial charge in [0.1, 0.15) is 0 Å². The first kappa shape index (κ1) is 20.4. The fourth-order valence-electron chi connectivity index (χ4n) is 2.91. The van der Waals surface area contributed by atoms with E-state index in [-0.39, 0.29) is 16.0 Å². The molecule has 0 atom stereocenters. The molecule has 0 aliphatic rings. The van der Waals surface area contributed by atoms with Gasteiger partial charge in [0, 0.05) is 29.9 Å². The van der Waals surface area contributed by atoms with Crippen LogP contribution in [0.25, 0.3) is 10.8 Å². The minimum Gasteiger partial charge on any atom is -0.398 e. The van der Waals surface area contributed by atoms with Crippen LogP contribution < -0.4 is 10.6 Å². The summed E-state index contributed by atoms with van der Waals surface area (Å²) in [6, 6.07) is 4.72. The minimum atomic E-state index is -4.52. The maximum Gasteiger partial charge on any atom is 0.294 e. The van der Waals surface area contributed by atoms with Gasteiger partial charge in [-0.15, -0.1) is 0 Å². The molecule has 0 unspecified atom stereocenters. The van der Waals surface area contributed by atoms with Crippen LogP contribution in [0, 0.1) is 0 Å². The number of hydrogen-bond acceptors (Lipinski definition) is 6. The average molecular weight is 402 g/mol. The van der Waals surface area contributed by atoms with Crippen molar-refractivity contribution in [1.29, 1.82) is 0 Å². The molecule has 0 aromatic heterocycles. The second kappa shape index (κ2) is 7.39. The summed E-state index contributed by atoms with van der Waals surface area (Å²) in [6.07, 6.45) is 1.58. The highest BCUT2D eigenvalue weighted by Gasteiger charge is 2.21. The lowest BCUT2D eigenvalue weighted by Crippen LogP contribution is -2.25. The lowest BCUT2D eigenvalue weighted by molar-refractivity contribution is 0.481. The van der Waals surface area contributed by atoms with Crippen molar-refractivity contribution in [3.05, 3.63) is 24.3 Å². The van der Waals surface area contributed by atoms with Crippen LogP contribution in [0.5, 0.6) is 0 Å². The Bertz CT molecular complexity index is 1020. The summed E-state index contributed by atoms with van der Waals surface area (Å²) in [6.45, 7) is 5.18. The van der Waals surface area contributed by atoms with Crippen molar-refractivity contribution in [2.75, 3.05) is 23.7 Å². The van der Waals surface area contributed by atoms with Crippen LogP contribution in [0.2, 0.25) is 0 Å². The van der Waals surface area contributed by atoms with Crippen molar-refractivity contribution in [3.8, 4) is 0 Å². The zero-order valence-electron chi connectivity index (χ0n) is 14.5. The van der Waals surface area contributed by atoms with Crippen molar-refractivity contribution >= 4 is 42.4 Å². The Labute approximate surface area is 153 Å². The molecule has 0 radical (unpaired) electrons. The summed E-state index contributed by atoms with van der Waals surface area (Å²) in [7, 11) is -9.04. The number of nitrogen functional groups attached to an aromatic ring is 1. The highest BCUT2D eigenvalue weighted by Crippen LogP contribution is 2.36. The molecule has 4 N–H and O–H groups in total. The quantitative estimate of drug-likeness (QED) is 0.474. The molecule has 2 aromatic rings. The number of fused-ring (bicyclic) bond motifs is 1. The number of anilines is 2. The van der Waals surface area contributed by atoms with Gasteiger partial charge in [0.05, 0.1) is 9.79 Å². The van der Waals surface area contributed by atoms with Gasteiger partial charge in [0.25, 0.3) is 20.2 Å². The molecule has 0 bridgehead atoms. The summed E-state index contributed by atoms with van der Waals surface area (Å²) < 4.78 is 65.0. The first-order chi connectivity index (χ1) is 12.0. The average Bonchev–Trinajstić information content (AvgIpc) is 2.51. The van der Waals surface area contributed by atoms with Crippen LogP contribution >= 0.6 is 0 Å².